The van der Waals surface area contributed by atoms with Gasteiger partial charge < -0.3 is 14.9 Å². The van der Waals surface area contributed by atoms with E-state index in [0.717, 1.165) is 38.0 Å². The topological polar surface area (TPSA) is 66.8 Å². The number of fused-ring (bicyclic) bond motifs is 5. The summed E-state index contributed by atoms with van der Waals surface area (Å²) >= 11 is 0. The Balaban J connectivity index is 1.63. The van der Waals surface area contributed by atoms with Gasteiger partial charge in [0.15, 0.2) is 0 Å². The first-order valence-corrected chi connectivity index (χ1v) is 13.5. The third-order valence-electron chi connectivity index (χ3n) is 11.6. The number of carbonyl (C=O) groups excluding carboxylic acids is 1. The van der Waals surface area contributed by atoms with Gasteiger partial charge in [0, 0.05) is 6.42 Å². The van der Waals surface area contributed by atoms with Crippen LogP contribution in [0.2, 0.25) is 0 Å². The number of hydrogen-bond acceptors (Lipinski definition) is 4. The Labute approximate surface area is 195 Å². The Morgan fingerprint density at radius 1 is 1.09 bits per heavy atom. The molecule has 0 radical (unpaired) electrons. The molecule has 2 N–H and O–H groups in total. The fourth-order valence-corrected chi connectivity index (χ4v) is 9.76. The maximum atomic E-state index is 11.8. The highest BCUT2D eigenvalue weighted by Gasteiger charge is 2.67. The van der Waals surface area contributed by atoms with E-state index in [4.69, 9.17) is 4.74 Å². The molecule has 0 aromatic carbocycles. The van der Waals surface area contributed by atoms with Crippen LogP contribution in [0.15, 0.2) is 0 Å². The molecule has 12 atom stereocenters. The Morgan fingerprint density at radius 3 is 2.47 bits per heavy atom. The monoisotopic (exact) mass is 448 g/mol. The van der Waals surface area contributed by atoms with Gasteiger partial charge in [0.05, 0.1) is 19.3 Å². The molecule has 4 heteroatoms. The zero-order valence-corrected chi connectivity index (χ0v) is 21.3. The van der Waals surface area contributed by atoms with E-state index in [9.17, 15) is 15.0 Å². The Kier molecular flexibility index (Phi) is 6.80. The Hall–Kier alpha value is -0.610. The van der Waals surface area contributed by atoms with Crippen molar-refractivity contribution in [3.05, 3.63) is 0 Å². The van der Waals surface area contributed by atoms with Crippen LogP contribution in [0.3, 0.4) is 0 Å². The first kappa shape index (κ1) is 24.5. The Bertz CT molecular complexity index is 693. The van der Waals surface area contributed by atoms with Gasteiger partial charge in [-0.25, -0.2) is 0 Å². The van der Waals surface area contributed by atoms with Crippen LogP contribution in [0.25, 0.3) is 0 Å². The maximum absolute atomic E-state index is 11.8. The summed E-state index contributed by atoms with van der Waals surface area (Å²) in [5.41, 5.74) is 0.0785. The lowest BCUT2D eigenvalue weighted by molar-refractivity contribution is -0.225. The molecule has 32 heavy (non-hydrogen) atoms. The van der Waals surface area contributed by atoms with Gasteiger partial charge in [-0.15, -0.1) is 0 Å². The average Bonchev–Trinajstić information content (AvgIpc) is 3.12. The minimum atomic E-state index is -0.316. The van der Waals surface area contributed by atoms with Gasteiger partial charge >= 0.3 is 5.97 Å². The third kappa shape index (κ3) is 3.58. The van der Waals surface area contributed by atoms with E-state index in [0.29, 0.717) is 47.8 Å². The van der Waals surface area contributed by atoms with E-state index >= 15 is 0 Å². The van der Waals surface area contributed by atoms with Crippen molar-refractivity contribution in [2.45, 2.75) is 105 Å². The number of ether oxygens (including phenoxy) is 1. The van der Waals surface area contributed by atoms with Crippen LogP contribution < -0.4 is 0 Å². The van der Waals surface area contributed by atoms with Gasteiger partial charge in [0.2, 0.25) is 0 Å². The molecule has 184 valence electrons. The predicted molar refractivity (Wildman–Crippen MR) is 127 cm³/mol. The molecule has 4 nitrogen and oxygen atoms in total. The van der Waals surface area contributed by atoms with E-state index in [1.165, 1.54) is 26.4 Å². The summed E-state index contributed by atoms with van der Waals surface area (Å²) < 4.78 is 4.87. The molecule has 0 spiro atoms. The molecule has 0 aromatic heterocycles. The zero-order chi connectivity index (χ0) is 23.4. The second kappa shape index (κ2) is 8.87. The molecular weight excluding hydrogens is 400 g/mol. The fourth-order valence-electron chi connectivity index (χ4n) is 9.76. The van der Waals surface area contributed by atoms with Crippen molar-refractivity contribution in [2.24, 2.45) is 58.2 Å². The van der Waals surface area contributed by atoms with Gasteiger partial charge in [-0.2, -0.15) is 0 Å². The van der Waals surface area contributed by atoms with Crippen molar-refractivity contribution >= 4 is 5.97 Å². The summed E-state index contributed by atoms with van der Waals surface area (Å²) in [4.78, 5) is 11.7. The van der Waals surface area contributed by atoms with E-state index < -0.39 is 0 Å². The molecular formula is C28H48O4. The largest absolute Gasteiger partial charge is 0.469 e. The summed E-state index contributed by atoms with van der Waals surface area (Å²) in [5, 5.41) is 23.6. The van der Waals surface area contributed by atoms with Gasteiger partial charge in [-0.3, -0.25) is 4.79 Å². The molecule has 0 heterocycles. The number of aliphatic hydroxyl groups is 2. The second-order valence-corrected chi connectivity index (χ2v) is 12.7. The standard InChI is InChI=1S/C28H48O4/c1-7-18-21-14-16(2)12-13-27(21,4)22-15-23(29)28(5)19(17(3)8-11-24(30)32-6)9-10-20(28)25(22)26(18)31/h16-23,25-26,29,31H,7-15H2,1-6H3/t16-,17-,18-,19-,20?,21+,22?,23+,25?,26?,27+,28-/m1/s1. The van der Waals surface area contributed by atoms with E-state index in [1.54, 1.807) is 0 Å². The zero-order valence-electron chi connectivity index (χ0n) is 21.3. The predicted octanol–water partition coefficient (Wildman–Crippen LogP) is 5.45. The molecule has 0 bridgehead atoms. The lowest BCUT2D eigenvalue weighted by Gasteiger charge is -2.66. The minimum Gasteiger partial charge on any atom is -0.469 e. The van der Waals surface area contributed by atoms with Crippen molar-refractivity contribution in [1.82, 2.24) is 0 Å². The van der Waals surface area contributed by atoms with Crippen LogP contribution in [0.1, 0.15) is 92.4 Å². The van der Waals surface area contributed by atoms with E-state index in [-0.39, 0.29) is 29.0 Å². The van der Waals surface area contributed by atoms with Gasteiger partial charge in [0.1, 0.15) is 0 Å². The van der Waals surface area contributed by atoms with Crippen molar-refractivity contribution in [3.8, 4) is 0 Å². The molecule has 4 saturated carbocycles. The molecule has 4 unspecified atom stereocenters. The summed E-state index contributed by atoms with van der Waals surface area (Å²) in [6.45, 7) is 11.7. The van der Waals surface area contributed by atoms with Crippen molar-refractivity contribution < 1.29 is 19.7 Å². The number of hydrogen-bond donors (Lipinski definition) is 2. The van der Waals surface area contributed by atoms with Crippen LogP contribution in [-0.4, -0.2) is 35.5 Å². The van der Waals surface area contributed by atoms with Gasteiger partial charge in [-0.05, 0) is 96.7 Å². The third-order valence-corrected chi connectivity index (χ3v) is 11.6. The Morgan fingerprint density at radius 2 is 1.81 bits per heavy atom. The number of rotatable bonds is 5. The highest BCUT2D eigenvalue weighted by Crippen LogP contribution is 2.69. The van der Waals surface area contributed by atoms with Crippen LogP contribution >= 0.6 is 0 Å². The number of aliphatic hydroxyl groups excluding tert-OH is 2. The van der Waals surface area contributed by atoms with Gasteiger partial charge in [-0.1, -0.05) is 47.5 Å². The number of carbonyl (C=O) groups is 1. The highest BCUT2D eigenvalue weighted by atomic mass is 16.5. The van der Waals surface area contributed by atoms with Crippen LogP contribution in [-0.2, 0) is 9.53 Å². The molecule has 0 saturated heterocycles. The SMILES string of the molecule is CC[C@H]1C(O)C2C3CC[C@H]([C@H](C)CCC(=O)OC)[C@@]3(C)[C@@H](O)CC2[C@@]2(C)CC[C@@H](C)C[C@@H]12. The fraction of sp³-hybridized carbons (Fsp3) is 0.964. The molecule has 4 aliphatic carbocycles. The van der Waals surface area contributed by atoms with Crippen LogP contribution in [0, 0.1) is 58.2 Å². The average molecular weight is 449 g/mol. The molecule has 0 aliphatic heterocycles. The molecule has 0 aromatic rings. The van der Waals surface area contributed by atoms with Crippen molar-refractivity contribution in [2.75, 3.05) is 7.11 Å². The maximum Gasteiger partial charge on any atom is 0.305 e. The summed E-state index contributed by atoms with van der Waals surface area (Å²) in [7, 11) is 1.46. The lowest BCUT2D eigenvalue weighted by Crippen LogP contribution is -2.64. The van der Waals surface area contributed by atoms with E-state index in [1.807, 2.05) is 0 Å². The summed E-state index contributed by atoms with van der Waals surface area (Å²) in [6.07, 6.45) is 8.59. The lowest BCUT2D eigenvalue weighted by atomic mass is 9.40. The number of esters is 1. The minimum absolute atomic E-state index is 0.139. The van der Waals surface area contributed by atoms with Crippen LogP contribution in [0.4, 0.5) is 0 Å². The number of methoxy groups -OCH3 is 1. The highest BCUT2D eigenvalue weighted by molar-refractivity contribution is 5.69. The normalized spacial score (nSPS) is 51.3. The van der Waals surface area contributed by atoms with Crippen molar-refractivity contribution in [3.63, 3.8) is 0 Å². The summed E-state index contributed by atoms with van der Waals surface area (Å²) in [6, 6.07) is 0. The smallest absolute Gasteiger partial charge is 0.305 e. The molecule has 4 aliphatic rings. The van der Waals surface area contributed by atoms with Crippen molar-refractivity contribution in [1.29, 1.82) is 0 Å². The second-order valence-electron chi connectivity index (χ2n) is 12.7. The summed E-state index contributed by atoms with van der Waals surface area (Å²) in [5.74, 6) is 3.46. The van der Waals surface area contributed by atoms with Gasteiger partial charge in [0.25, 0.3) is 0 Å². The first-order valence-electron chi connectivity index (χ1n) is 13.5. The van der Waals surface area contributed by atoms with E-state index in [2.05, 4.69) is 34.6 Å². The molecule has 0 amide bonds. The first-order chi connectivity index (χ1) is 15.1. The molecule has 4 fully saturated rings. The van der Waals surface area contributed by atoms with Crippen LogP contribution in [0.5, 0.6) is 0 Å². The quantitative estimate of drug-likeness (QED) is 0.549. The molecule has 4 rings (SSSR count).